The van der Waals surface area contributed by atoms with E-state index < -0.39 is 0 Å². The number of pyridine rings is 1. The quantitative estimate of drug-likeness (QED) is 0.323. The number of hydrogen-bond acceptors (Lipinski definition) is 4. The van der Waals surface area contributed by atoms with Crippen molar-refractivity contribution >= 4 is 23.3 Å². The Hall–Kier alpha value is -3.97. The maximum atomic E-state index is 12.5. The number of aromatic nitrogens is 2. The minimum Gasteiger partial charge on any atom is -0.465 e. The van der Waals surface area contributed by atoms with Crippen LogP contribution in [0.5, 0.6) is 0 Å². The second kappa shape index (κ2) is 9.49. The standard InChI is InChI=1S/C27H24N4O2S/c1-33-26(32)20-12-5-6-14-22(20)30-17-9-15-23(30)25-24(21-13-7-8-16-28-21)29-27(34)31(25)18-19-10-3-2-4-11-19/h2-17,24-25H,18H2,1H3,(H,29,34)/t24-,25+/m0/s1. The number of nitrogens with zero attached hydrogens (tertiary/aromatic N) is 3. The Morgan fingerprint density at radius 3 is 2.53 bits per heavy atom. The van der Waals surface area contributed by atoms with E-state index in [1.165, 1.54) is 7.11 Å². The van der Waals surface area contributed by atoms with Crippen molar-refractivity contribution in [2.45, 2.75) is 18.6 Å². The molecule has 1 N–H and O–H groups in total. The monoisotopic (exact) mass is 468 g/mol. The first-order valence-electron chi connectivity index (χ1n) is 11.0. The molecular formula is C27H24N4O2S. The summed E-state index contributed by atoms with van der Waals surface area (Å²) in [4.78, 5) is 19.3. The van der Waals surface area contributed by atoms with Gasteiger partial charge in [0.1, 0.15) is 0 Å². The minimum atomic E-state index is -0.377. The predicted octanol–water partition coefficient (Wildman–Crippen LogP) is 4.83. The molecule has 5 rings (SSSR count). The molecule has 1 fully saturated rings. The van der Waals surface area contributed by atoms with Crippen LogP contribution in [0, 0.1) is 0 Å². The largest absolute Gasteiger partial charge is 0.465 e. The van der Waals surface area contributed by atoms with Crippen molar-refractivity contribution in [1.82, 2.24) is 19.8 Å². The van der Waals surface area contributed by atoms with Crippen LogP contribution in [0.2, 0.25) is 0 Å². The second-order valence-corrected chi connectivity index (χ2v) is 8.44. The SMILES string of the molecule is COC(=O)c1ccccc1-n1cccc1[C@@H]1[C@H](c2ccccn2)NC(=S)N1Cc1ccccc1. The van der Waals surface area contributed by atoms with Crippen molar-refractivity contribution in [3.8, 4) is 5.69 Å². The number of thiocarbonyl (C=S) groups is 1. The highest BCUT2D eigenvalue weighted by Crippen LogP contribution is 2.40. The third-order valence-corrected chi connectivity index (χ3v) is 6.40. The third kappa shape index (κ3) is 4.06. The Balaban J connectivity index is 1.63. The van der Waals surface area contributed by atoms with E-state index in [0.29, 0.717) is 17.2 Å². The molecular weight excluding hydrogens is 444 g/mol. The lowest BCUT2D eigenvalue weighted by Gasteiger charge is -2.29. The lowest BCUT2D eigenvalue weighted by atomic mass is 10.0. The zero-order valence-corrected chi connectivity index (χ0v) is 19.5. The van der Waals surface area contributed by atoms with Gasteiger partial charge in [0.15, 0.2) is 5.11 Å². The fourth-order valence-corrected chi connectivity index (χ4v) is 4.80. The number of carbonyl (C=O) groups excluding carboxylic acids is 1. The molecule has 3 heterocycles. The van der Waals surface area contributed by atoms with Gasteiger partial charge in [-0.3, -0.25) is 4.98 Å². The van der Waals surface area contributed by atoms with Gasteiger partial charge in [-0.15, -0.1) is 0 Å². The third-order valence-electron chi connectivity index (χ3n) is 6.05. The van der Waals surface area contributed by atoms with Crippen molar-refractivity contribution in [3.05, 3.63) is 120 Å². The molecule has 2 atom stereocenters. The molecule has 1 aliphatic heterocycles. The van der Waals surface area contributed by atoms with Gasteiger partial charge in [-0.25, -0.2) is 4.79 Å². The summed E-state index contributed by atoms with van der Waals surface area (Å²) >= 11 is 5.82. The Kier molecular flexibility index (Phi) is 6.10. The maximum Gasteiger partial charge on any atom is 0.339 e. The van der Waals surface area contributed by atoms with Gasteiger partial charge in [-0.05, 0) is 54.2 Å². The molecule has 0 aliphatic carbocycles. The van der Waals surface area contributed by atoms with Gasteiger partial charge in [0.25, 0.3) is 0 Å². The van der Waals surface area contributed by atoms with Gasteiger partial charge in [0.2, 0.25) is 0 Å². The molecule has 2 aromatic heterocycles. The number of hydrogen-bond donors (Lipinski definition) is 1. The summed E-state index contributed by atoms with van der Waals surface area (Å²) in [6, 6.07) is 27.4. The van der Waals surface area contributed by atoms with Crippen LogP contribution in [0.3, 0.4) is 0 Å². The average molecular weight is 469 g/mol. The second-order valence-electron chi connectivity index (χ2n) is 8.05. The minimum absolute atomic E-state index is 0.150. The number of rotatable bonds is 6. The molecule has 34 heavy (non-hydrogen) atoms. The van der Waals surface area contributed by atoms with Gasteiger partial charge >= 0.3 is 5.97 Å². The number of carbonyl (C=O) groups is 1. The Morgan fingerprint density at radius 1 is 1.00 bits per heavy atom. The molecule has 0 amide bonds. The van der Waals surface area contributed by atoms with Crippen LogP contribution in [-0.2, 0) is 11.3 Å². The first-order valence-corrected chi connectivity index (χ1v) is 11.4. The van der Waals surface area contributed by atoms with Crippen LogP contribution in [0.25, 0.3) is 5.69 Å². The van der Waals surface area contributed by atoms with Crippen molar-refractivity contribution in [1.29, 1.82) is 0 Å². The number of benzene rings is 2. The summed E-state index contributed by atoms with van der Waals surface area (Å²) in [5, 5.41) is 4.16. The number of ether oxygens (including phenoxy) is 1. The van der Waals surface area contributed by atoms with Crippen LogP contribution in [0.4, 0.5) is 0 Å². The lowest BCUT2D eigenvalue weighted by Crippen LogP contribution is -2.30. The van der Waals surface area contributed by atoms with E-state index in [0.717, 1.165) is 22.6 Å². The van der Waals surface area contributed by atoms with Crippen molar-refractivity contribution in [2.75, 3.05) is 7.11 Å². The molecule has 7 heteroatoms. The van der Waals surface area contributed by atoms with Crippen molar-refractivity contribution in [3.63, 3.8) is 0 Å². The summed E-state index contributed by atoms with van der Waals surface area (Å²) in [6.45, 7) is 0.643. The molecule has 6 nitrogen and oxygen atoms in total. The van der Waals surface area contributed by atoms with Crippen molar-refractivity contribution < 1.29 is 9.53 Å². The number of methoxy groups -OCH3 is 1. The average Bonchev–Trinajstić information content (AvgIpc) is 3.49. The highest BCUT2D eigenvalue weighted by molar-refractivity contribution is 7.80. The zero-order valence-electron chi connectivity index (χ0n) is 18.7. The number of para-hydroxylation sites is 1. The van der Waals surface area contributed by atoms with Crippen LogP contribution >= 0.6 is 12.2 Å². The van der Waals surface area contributed by atoms with E-state index in [4.69, 9.17) is 17.0 Å². The fourth-order valence-electron chi connectivity index (χ4n) is 4.50. The first kappa shape index (κ1) is 21.9. The molecule has 0 saturated carbocycles. The van der Waals surface area contributed by atoms with Gasteiger partial charge in [-0.2, -0.15) is 0 Å². The van der Waals surface area contributed by atoms with Crippen LogP contribution < -0.4 is 5.32 Å². The Labute approximate surface area is 203 Å². The van der Waals surface area contributed by atoms with E-state index in [9.17, 15) is 4.79 Å². The van der Waals surface area contributed by atoms with Gasteiger partial charge in [0.05, 0.1) is 36.1 Å². The van der Waals surface area contributed by atoms with Crippen LogP contribution in [0.1, 0.15) is 39.4 Å². The van der Waals surface area contributed by atoms with E-state index in [1.54, 1.807) is 12.3 Å². The van der Waals surface area contributed by atoms with Crippen LogP contribution in [0.15, 0.2) is 97.3 Å². The summed E-state index contributed by atoms with van der Waals surface area (Å²) in [7, 11) is 1.40. The predicted molar refractivity (Wildman–Crippen MR) is 135 cm³/mol. The maximum absolute atomic E-state index is 12.5. The molecule has 2 aromatic carbocycles. The molecule has 4 aromatic rings. The van der Waals surface area contributed by atoms with Gasteiger partial charge < -0.3 is 19.5 Å². The van der Waals surface area contributed by atoms with E-state index in [2.05, 4.69) is 33.4 Å². The highest BCUT2D eigenvalue weighted by atomic mass is 32.1. The molecule has 0 radical (unpaired) electrons. The Bertz CT molecular complexity index is 1310. The van der Waals surface area contributed by atoms with Crippen molar-refractivity contribution in [2.24, 2.45) is 0 Å². The summed E-state index contributed by atoms with van der Waals surface area (Å²) < 4.78 is 7.08. The molecule has 0 unspecified atom stereocenters. The Morgan fingerprint density at radius 2 is 1.76 bits per heavy atom. The lowest BCUT2D eigenvalue weighted by molar-refractivity contribution is 0.0600. The van der Waals surface area contributed by atoms with Gasteiger partial charge in [-0.1, -0.05) is 48.5 Å². The van der Waals surface area contributed by atoms with Crippen LogP contribution in [-0.4, -0.2) is 32.6 Å². The summed E-state index contributed by atoms with van der Waals surface area (Å²) in [6.07, 6.45) is 3.76. The summed E-state index contributed by atoms with van der Waals surface area (Å²) in [5.41, 5.74) is 4.31. The molecule has 1 aliphatic rings. The molecule has 0 bridgehead atoms. The zero-order chi connectivity index (χ0) is 23.5. The normalized spacial score (nSPS) is 17.4. The number of nitrogens with one attached hydrogen (secondary N) is 1. The number of esters is 1. The first-order chi connectivity index (χ1) is 16.7. The molecule has 170 valence electrons. The highest BCUT2D eigenvalue weighted by Gasteiger charge is 2.41. The van der Waals surface area contributed by atoms with E-state index in [1.807, 2.05) is 71.4 Å². The van der Waals surface area contributed by atoms with E-state index in [-0.39, 0.29) is 18.1 Å². The molecule has 1 saturated heterocycles. The summed E-state index contributed by atoms with van der Waals surface area (Å²) in [5.74, 6) is -0.377. The smallest absolute Gasteiger partial charge is 0.339 e. The topological polar surface area (TPSA) is 59.4 Å². The molecule has 0 spiro atoms. The van der Waals surface area contributed by atoms with E-state index >= 15 is 0 Å². The fraction of sp³-hybridized carbons (Fsp3) is 0.148. The van der Waals surface area contributed by atoms with Gasteiger partial charge in [0, 0.05) is 24.6 Å².